The summed E-state index contributed by atoms with van der Waals surface area (Å²) in [5.41, 5.74) is 3.24. The molecule has 1 fully saturated rings. The minimum absolute atomic E-state index is 0.0768. The summed E-state index contributed by atoms with van der Waals surface area (Å²) in [5.74, 6) is -1.22. The summed E-state index contributed by atoms with van der Waals surface area (Å²) in [5, 5.41) is 8.76. The number of halogens is 3. The molecule has 1 aromatic heterocycles. The van der Waals surface area contributed by atoms with Gasteiger partial charge < -0.3 is 10.1 Å². The first kappa shape index (κ1) is 23.1. The van der Waals surface area contributed by atoms with Crippen LogP contribution in [0.5, 0.6) is 0 Å². The second kappa shape index (κ2) is 9.44. The number of rotatable bonds is 4. The van der Waals surface area contributed by atoms with Crippen molar-refractivity contribution in [1.29, 1.82) is 0 Å². The van der Waals surface area contributed by atoms with E-state index in [1.54, 1.807) is 6.92 Å². The van der Waals surface area contributed by atoms with Gasteiger partial charge in [-0.25, -0.2) is 19.8 Å². The smallest absolute Gasteiger partial charge is 0.379 e. The number of carbonyl (C=O) groups excluding carboxylic acids is 1. The normalized spacial score (nSPS) is 20.5. The molecule has 2 atom stereocenters. The molecular formula is C22H25F3N6O2. The fourth-order valence-electron chi connectivity index (χ4n) is 3.82. The number of benzene rings is 1. The van der Waals surface area contributed by atoms with Gasteiger partial charge in [-0.2, -0.15) is 18.3 Å². The van der Waals surface area contributed by atoms with E-state index in [9.17, 15) is 18.0 Å². The zero-order valence-electron chi connectivity index (χ0n) is 18.3. The van der Waals surface area contributed by atoms with Crippen molar-refractivity contribution in [2.45, 2.75) is 32.1 Å². The highest BCUT2D eigenvalue weighted by Crippen LogP contribution is 2.26. The summed E-state index contributed by atoms with van der Waals surface area (Å²) in [6.45, 7) is 6.75. The Morgan fingerprint density at radius 3 is 2.39 bits per heavy atom. The van der Waals surface area contributed by atoms with Crippen LogP contribution in [0.4, 0.5) is 18.0 Å². The van der Waals surface area contributed by atoms with Crippen LogP contribution in [-0.4, -0.2) is 70.5 Å². The van der Waals surface area contributed by atoms with Crippen molar-refractivity contribution < 1.29 is 22.7 Å². The van der Waals surface area contributed by atoms with Crippen LogP contribution in [0.25, 0.3) is 0 Å². The third-order valence-corrected chi connectivity index (χ3v) is 5.72. The topological polar surface area (TPSA) is 83.0 Å². The van der Waals surface area contributed by atoms with Gasteiger partial charge in [-0.3, -0.25) is 4.90 Å². The molecule has 2 aliphatic heterocycles. The van der Waals surface area contributed by atoms with Gasteiger partial charge in [0, 0.05) is 31.0 Å². The van der Waals surface area contributed by atoms with Crippen LogP contribution in [0, 0.1) is 6.92 Å². The molecule has 4 rings (SSSR count). The standard InChI is InChI=1S/C22H25F3N6O2/c1-14-3-5-16(6-4-14)19-18(30-7-9-33-10-8-30)13-31(29-19)21(32)28-15(2)17-11-26-20(27-12-17)22(23,24)25/h3-6,11-12,15,18H,7-10,13H2,1-2H3,(H,28,32)/t15-,18+/m1/s1. The molecule has 0 radical (unpaired) electrons. The lowest BCUT2D eigenvalue weighted by Gasteiger charge is -2.32. The molecule has 0 unspecified atom stereocenters. The predicted molar refractivity (Wildman–Crippen MR) is 115 cm³/mol. The lowest BCUT2D eigenvalue weighted by molar-refractivity contribution is -0.145. The largest absolute Gasteiger partial charge is 0.451 e. The summed E-state index contributed by atoms with van der Waals surface area (Å²) in [4.78, 5) is 21.9. The molecule has 2 aliphatic rings. The van der Waals surface area contributed by atoms with Crippen LogP contribution in [0.15, 0.2) is 41.8 Å². The van der Waals surface area contributed by atoms with E-state index in [1.807, 2.05) is 31.2 Å². The molecule has 0 aliphatic carbocycles. The van der Waals surface area contributed by atoms with Gasteiger partial charge in [-0.15, -0.1) is 0 Å². The van der Waals surface area contributed by atoms with Crippen LogP contribution in [0.3, 0.4) is 0 Å². The predicted octanol–water partition coefficient (Wildman–Crippen LogP) is 3.00. The Labute approximate surface area is 189 Å². The molecule has 33 heavy (non-hydrogen) atoms. The van der Waals surface area contributed by atoms with Crippen molar-refractivity contribution >= 4 is 11.7 Å². The van der Waals surface area contributed by atoms with Gasteiger partial charge in [0.2, 0.25) is 5.82 Å². The first-order chi connectivity index (χ1) is 15.7. The lowest BCUT2D eigenvalue weighted by atomic mass is 10.0. The highest BCUT2D eigenvalue weighted by atomic mass is 19.4. The maximum absolute atomic E-state index is 13.0. The molecule has 8 nitrogen and oxygen atoms in total. The summed E-state index contributed by atoms with van der Waals surface area (Å²) >= 11 is 0. The molecule has 176 valence electrons. The van der Waals surface area contributed by atoms with Crippen LogP contribution in [0.2, 0.25) is 0 Å². The van der Waals surface area contributed by atoms with E-state index in [1.165, 1.54) is 5.01 Å². The maximum Gasteiger partial charge on any atom is 0.451 e. The minimum atomic E-state index is -4.61. The molecule has 0 bridgehead atoms. The molecular weight excluding hydrogens is 437 g/mol. The highest BCUT2D eigenvalue weighted by Gasteiger charge is 2.37. The maximum atomic E-state index is 13.0. The zero-order valence-corrected chi connectivity index (χ0v) is 18.3. The Hall–Kier alpha value is -3.05. The van der Waals surface area contributed by atoms with E-state index < -0.39 is 24.1 Å². The van der Waals surface area contributed by atoms with Gasteiger partial charge in [-0.05, 0) is 19.4 Å². The number of hydrogen-bond donors (Lipinski definition) is 1. The van der Waals surface area contributed by atoms with E-state index in [-0.39, 0.29) is 6.04 Å². The second-order valence-electron chi connectivity index (χ2n) is 8.11. The van der Waals surface area contributed by atoms with Crippen molar-refractivity contribution in [3.8, 4) is 0 Å². The number of morpholine rings is 1. The van der Waals surface area contributed by atoms with E-state index >= 15 is 0 Å². The number of nitrogens with one attached hydrogen (secondary N) is 1. The van der Waals surface area contributed by atoms with Gasteiger partial charge in [0.15, 0.2) is 0 Å². The van der Waals surface area contributed by atoms with Gasteiger partial charge >= 0.3 is 12.2 Å². The van der Waals surface area contributed by atoms with Gasteiger partial charge in [-0.1, -0.05) is 29.8 Å². The molecule has 2 aromatic rings. The van der Waals surface area contributed by atoms with Crippen molar-refractivity contribution in [3.05, 3.63) is 59.2 Å². The minimum Gasteiger partial charge on any atom is -0.379 e. The Bertz CT molecular complexity index is 1000. The van der Waals surface area contributed by atoms with Gasteiger partial charge in [0.25, 0.3) is 0 Å². The van der Waals surface area contributed by atoms with E-state index in [2.05, 4.69) is 25.3 Å². The molecule has 1 saturated heterocycles. The summed E-state index contributed by atoms with van der Waals surface area (Å²) < 4.78 is 43.6. The van der Waals surface area contributed by atoms with Crippen molar-refractivity contribution in [2.75, 3.05) is 32.8 Å². The van der Waals surface area contributed by atoms with E-state index in [0.717, 1.165) is 42.3 Å². The fourth-order valence-corrected chi connectivity index (χ4v) is 3.82. The van der Waals surface area contributed by atoms with Gasteiger partial charge in [0.05, 0.1) is 37.6 Å². The Morgan fingerprint density at radius 1 is 1.15 bits per heavy atom. The number of amides is 2. The molecule has 3 heterocycles. The average Bonchev–Trinajstić information content (AvgIpc) is 3.25. The summed E-state index contributed by atoms with van der Waals surface area (Å²) in [6, 6.07) is 6.87. The van der Waals surface area contributed by atoms with Crippen LogP contribution < -0.4 is 5.32 Å². The first-order valence-electron chi connectivity index (χ1n) is 10.7. The second-order valence-corrected chi connectivity index (χ2v) is 8.11. The van der Waals surface area contributed by atoms with Crippen molar-refractivity contribution in [2.24, 2.45) is 5.10 Å². The summed E-state index contributed by atoms with van der Waals surface area (Å²) in [6.07, 6.45) is -2.47. The number of aromatic nitrogens is 2. The number of hydrazone groups is 1. The van der Waals surface area contributed by atoms with E-state index in [4.69, 9.17) is 4.74 Å². The molecule has 0 saturated carbocycles. The lowest BCUT2D eigenvalue weighted by Crippen LogP contribution is -2.49. The average molecular weight is 462 g/mol. The molecule has 1 N–H and O–H groups in total. The van der Waals surface area contributed by atoms with Crippen molar-refractivity contribution in [1.82, 2.24) is 25.2 Å². The molecule has 1 aromatic carbocycles. The number of urea groups is 1. The zero-order chi connectivity index (χ0) is 23.6. The summed E-state index contributed by atoms with van der Waals surface area (Å²) in [7, 11) is 0. The monoisotopic (exact) mass is 462 g/mol. The number of carbonyl (C=O) groups is 1. The van der Waals surface area contributed by atoms with Crippen LogP contribution >= 0.6 is 0 Å². The quantitative estimate of drug-likeness (QED) is 0.756. The van der Waals surface area contributed by atoms with Crippen molar-refractivity contribution in [3.63, 3.8) is 0 Å². The van der Waals surface area contributed by atoms with Gasteiger partial charge in [0.1, 0.15) is 0 Å². The molecule has 0 spiro atoms. The van der Waals surface area contributed by atoms with Crippen LogP contribution in [-0.2, 0) is 10.9 Å². The Morgan fingerprint density at radius 2 is 1.79 bits per heavy atom. The Balaban J connectivity index is 1.50. The first-order valence-corrected chi connectivity index (χ1v) is 10.7. The SMILES string of the molecule is Cc1ccc(C2=NN(C(=O)N[C@H](C)c3cnc(C(F)(F)F)nc3)C[C@@H]2N2CCOCC2)cc1. The number of alkyl halides is 3. The highest BCUT2D eigenvalue weighted by molar-refractivity contribution is 6.06. The molecule has 11 heteroatoms. The molecule has 2 amide bonds. The number of ether oxygens (including phenoxy) is 1. The third kappa shape index (κ3) is 5.31. The fraction of sp³-hybridized carbons (Fsp3) is 0.455. The third-order valence-electron chi connectivity index (χ3n) is 5.72. The van der Waals surface area contributed by atoms with E-state index in [0.29, 0.717) is 25.3 Å². The number of nitrogens with zero attached hydrogens (tertiary/aromatic N) is 5. The number of hydrogen-bond acceptors (Lipinski definition) is 6. The number of aryl methyl sites for hydroxylation is 1. The Kier molecular flexibility index (Phi) is 6.61. The van der Waals surface area contributed by atoms with Crippen LogP contribution in [0.1, 0.15) is 35.5 Å².